The number of rotatable bonds is 3. The molecule has 1 aromatic heterocycles. The van der Waals surface area contributed by atoms with Gasteiger partial charge in [0.15, 0.2) is 5.13 Å². The minimum atomic E-state index is -0.557. The Morgan fingerprint density at radius 1 is 1.19 bits per heavy atom. The van der Waals surface area contributed by atoms with Gasteiger partial charge in [-0.1, -0.05) is 23.8 Å². The molecule has 8 heteroatoms. The summed E-state index contributed by atoms with van der Waals surface area (Å²) < 4.78 is 19.8. The molecular weight excluding hydrogens is 417 g/mol. The molecule has 2 atom stereocenters. The van der Waals surface area contributed by atoms with Gasteiger partial charge in [0.05, 0.1) is 10.2 Å². The van der Waals surface area contributed by atoms with E-state index in [9.17, 15) is 14.0 Å². The molecule has 31 heavy (non-hydrogen) atoms. The summed E-state index contributed by atoms with van der Waals surface area (Å²) in [5.41, 5.74) is 0.214. The fraction of sp³-hybridized carbons (Fsp3) is 0.435. The summed E-state index contributed by atoms with van der Waals surface area (Å²) in [7, 11) is 0. The molecule has 2 aromatic carbocycles. The zero-order chi connectivity index (χ0) is 22.2. The maximum atomic E-state index is 13.5. The van der Waals surface area contributed by atoms with E-state index < -0.39 is 11.7 Å². The monoisotopic (exact) mass is 443 g/mol. The Hall–Kier alpha value is -2.74. The van der Waals surface area contributed by atoms with Gasteiger partial charge in [0, 0.05) is 17.3 Å². The van der Waals surface area contributed by atoms with Gasteiger partial charge in [0.2, 0.25) is 5.91 Å². The maximum Gasteiger partial charge on any atom is 0.407 e. The molecule has 0 unspecified atom stereocenters. The molecule has 1 aliphatic rings. The summed E-state index contributed by atoms with van der Waals surface area (Å²) in [5, 5.41) is 8.07. The van der Waals surface area contributed by atoms with Crippen LogP contribution in [0.3, 0.4) is 0 Å². The van der Waals surface area contributed by atoms with Crippen LogP contribution in [0.5, 0.6) is 0 Å². The van der Waals surface area contributed by atoms with Crippen LogP contribution in [0, 0.1) is 11.7 Å². The lowest BCUT2D eigenvalue weighted by Crippen LogP contribution is -2.43. The molecule has 4 rings (SSSR count). The van der Waals surface area contributed by atoms with Gasteiger partial charge in [-0.15, -0.1) is 0 Å². The van der Waals surface area contributed by atoms with E-state index in [2.05, 4.69) is 15.6 Å². The number of amides is 2. The Morgan fingerprint density at radius 2 is 2.00 bits per heavy atom. The third-order valence-corrected chi connectivity index (χ3v) is 6.35. The first kappa shape index (κ1) is 21.5. The lowest BCUT2D eigenvalue weighted by Gasteiger charge is -2.29. The number of fused-ring (bicyclic) bond motifs is 3. The van der Waals surface area contributed by atoms with Crippen LogP contribution in [-0.2, 0) is 9.53 Å². The third kappa shape index (κ3) is 5.12. The second-order valence-corrected chi connectivity index (χ2v) is 9.99. The lowest BCUT2D eigenvalue weighted by atomic mass is 9.85. The largest absolute Gasteiger partial charge is 0.444 e. The number of hydrogen-bond acceptors (Lipinski definition) is 5. The Balaban J connectivity index is 1.43. The number of carbonyl (C=O) groups excluding carboxylic acids is 2. The minimum Gasteiger partial charge on any atom is -0.444 e. The van der Waals surface area contributed by atoms with Crippen LogP contribution in [0.15, 0.2) is 30.3 Å². The number of hydrogen-bond donors (Lipinski definition) is 2. The normalized spacial score (nSPS) is 19.4. The highest BCUT2D eigenvalue weighted by Crippen LogP contribution is 2.34. The predicted octanol–water partition coefficient (Wildman–Crippen LogP) is 5.61. The standard InChI is InChI=1S/C23H26FN3O3S/c1-23(2,3)30-22(29)25-16-6-4-5-14(12-16)20(28)27-21-26-18-10-7-13-11-15(24)8-9-17(13)19(18)31-21/h7-11,14,16H,4-6,12H2,1-3H3,(H,25,29)(H,26,27,28)/t14-,16+/m0/s1. The van der Waals surface area contributed by atoms with Crippen molar-refractivity contribution in [2.45, 2.75) is 58.1 Å². The second-order valence-electron chi connectivity index (χ2n) is 8.99. The third-order valence-electron chi connectivity index (χ3n) is 5.33. The van der Waals surface area contributed by atoms with Crippen molar-refractivity contribution in [3.63, 3.8) is 0 Å². The molecule has 1 saturated carbocycles. The SMILES string of the molecule is CC(C)(C)OC(=O)N[C@@H]1CCC[C@H](C(=O)Nc2nc3ccc4cc(F)ccc4c3s2)C1. The molecule has 0 radical (unpaired) electrons. The molecule has 3 aromatic rings. The molecule has 0 aliphatic heterocycles. The van der Waals surface area contributed by atoms with Crippen LogP contribution in [0.25, 0.3) is 21.0 Å². The summed E-state index contributed by atoms with van der Waals surface area (Å²) in [4.78, 5) is 29.5. The van der Waals surface area contributed by atoms with Crippen LogP contribution in [0.2, 0.25) is 0 Å². The molecule has 6 nitrogen and oxygen atoms in total. The van der Waals surface area contributed by atoms with Gasteiger partial charge in [-0.3, -0.25) is 4.79 Å². The summed E-state index contributed by atoms with van der Waals surface area (Å²) in [6.07, 6.45) is 2.57. The van der Waals surface area contributed by atoms with Gasteiger partial charge in [-0.05, 0) is 69.7 Å². The van der Waals surface area contributed by atoms with E-state index in [1.54, 1.807) is 6.07 Å². The number of nitrogens with zero attached hydrogens (tertiary/aromatic N) is 1. The first-order valence-electron chi connectivity index (χ1n) is 10.5. The number of alkyl carbamates (subject to hydrolysis) is 1. The quantitative estimate of drug-likeness (QED) is 0.551. The van der Waals surface area contributed by atoms with E-state index in [4.69, 9.17) is 4.74 Å². The van der Waals surface area contributed by atoms with E-state index in [0.29, 0.717) is 11.6 Å². The average Bonchev–Trinajstić information content (AvgIpc) is 3.09. The zero-order valence-corrected chi connectivity index (χ0v) is 18.6. The van der Waals surface area contributed by atoms with Gasteiger partial charge in [0.1, 0.15) is 11.4 Å². The first-order valence-corrected chi connectivity index (χ1v) is 11.3. The van der Waals surface area contributed by atoms with Crippen molar-refractivity contribution in [3.8, 4) is 0 Å². The van der Waals surface area contributed by atoms with Crippen molar-refractivity contribution in [1.82, 2.24) is 10.3 Å². The number of aromatic nitrogens is 1. The summed E-state index contributed by atoms with van der Waals surface area (Å²) in [6, 6.07) is 8.25. The number of nitrogens with one attached hydrogen (secondary N) is 2. The smallest absolute Gasteiger partial charge is 0.407 e. The lowest BCUT2D eigenvalue weighted by molar-refractivity contribution is -0.121. The van der Waals surface area contributed by atoms with Crippen molar-refractivity contribution in [2.75, 3.05) is 5.32 Å². The Labute approximate surface area is 184 Å². The molecule has 1 fully saturated rings. The number of thiazole rings is 1. The van der Waals surface area contributed by atoms with Crippen molar-refractivity contribution < 1.29 is 18.7 Å². The number of carbonyl (C=O) groups is 2. The van der Waals surface area contributed by atoms with Crippen LogP contribution < -0.4 is 10.6 Å². The number of halogens is 1. The van der Waals surface area contributed by atoms with E-state index in [0.717, 1.165) is 40.3 Å². The molecule has 0 saturated heterocycles. The van der Waals surface area contributed by atoms with Crippen LogP contribution >= 0.6 is 11.3 Å². The summed E-state index contributed by atoms with van der Waals surface area (Å²) >= 11 is 1.39. The average molecular weight is 444 g/mol. The Bertz CT molecular complexity index is 1140. The van der Waals surface area contributed by atoms with E-state index in [1.807, 2.05) is 32.9 Å². The van der Waals surface area contributed by atoms with Gasteiger partial charge >= 0.3 is 6.09 Å². The topological polar surface area (TPSA) is 80.3 Å². The molecule has 0 spiro atoms. The van der Waals surface area contributed by atoms with Crippen molar-refractivity contribution >= 4 is 49.5 Å². The number of benzene rings is 2. The highest BCUT2D eigenvalue weighted by atomic mass is 32.1. The molecule has 1 aliphatic carbocycles. The molecule has 2 amide bonds. The summed E-state index contributed by atoms with van der Waals surface area (Å²) in [5.74, 6) is -0.576. The molecule has 0 bridgehead atoms. The predicted molar refractivity (Wildman–Crippen MR) is 121 cm³/mol. The van der Waals surface area contributed by atoms with Crippen LogP contribution in [0.4, 0.5) is 14.3 Å². The van der Waals surface area contributed by atoms with E-state index in [-0.39, 0.29) is 23.7 Å². The second kappa shape index (κ2) is 8.42. The summed E-state index contributed by atoms with van der Waals surface area (Å²) in [6.45, 7) is 5.46. The van der Waals surface area contributed by atoms with Gasteiger partial charge in [0.25, 0.3) is 0 Å². The molecule has 1 heterocycles. The highest BCUT2D eigenvalue weighted by Gasteiger charge is 2.30. The number of ether oxygens (including phenoxy) is 1. The van der Waals surface area contributed by atoms with E-state index in [1.165, 1.54) is 23.5 Å². The molecule has 2 N–H and O–H groups in total. The fourth-order valence-corrected chi connectivity index (χ4v) is 4.98. The van der Waals surface area contributed by atoms with Gasteiger partial charge in [-0.2, -0.15) is 0 Å². The van der Waals surface area contributed by atoms with Crippen LogP contribution in [0.1, 0.15) is 46.5 Å². The fourth-order valence-electron chi connectivity index (χ4n) is 3.98. The number of anilines is 1. The maximum absolute atomic E-state index is 13.5. The molecular formula is C23H26FN3O3S. The highest BCUT2D eigenvalue weighted by molar-refractivity contribution is 7.23. The Morgan fingerprint density at radius 3 is 2.77 bits per heavy atom. The van der Waals surface area contributed by atoms with Crippen molar-refractivity contribution in [3.05, 3.63) is 36.1 Å². The Kier molecular flexibility index (Phi) is 5.83. The van der Waals surface area contributed by atoms with Crippen molar-refractivity contribution in [2.24, 2.45) is 5.92 Å². The van der Waals surface area contributed by atoms with Gasteiger partial charge < -0.3 is 15.4 Å². The van der Waals surface area contributed by atoms with E-state index >= 15 is 0 Å². The molecule has 164 valence electrons. The van der Waals surface area contributed by atoms with Crippen LogP contribution in [-0.4, -0.2) is 28.6 Å². The minimum absolute atomic E-state index is 0.0893. The zero-order valence-electron chi connectivity index (χ0n) is 17.8. The van der Waals surface area contributed by atoms with Crippen molar-refractivity contribution in [1.29, 1.82) is 0 Å². The van der Waals surface area contributed by atoms with Gasteiger partial charge in [-0.25, -0.2) is 14.2 Å². The first-order chi connectivity index (χ1) is 14.7.